The van der Waals surface area contributed by atoms with E-state index in [4.69, 9.17) is 4.52 Å². The van der Waals surface area contributed by atoms with Crippen LogP contribution in [0, 0.1) is 16.0 Å². The Morgan fingerprint density at radius 3 is 2.93 bits per heavy atom. The van der Waals surface area contributed by atoms with E-state index in [2.05, 4.69) is 25.4 Å². The quantitative estimate of drug-likeness (QED) is 0.394. The summed E-state index contributed by atoms with van der Waals surface area (Å²) in [6.45, 7) is 3.91. The molecule has 138 valence electrons. The minimum Gasteiger partial charge on any atom is -0.358 e. The number of nitrogens with zero attached hydrogens (tertiary/aromatic N) is 6. The van der Waals surface area contributed by atoms with Gasteiger partial charge in [-0.1, -0.05) is 30.3 Å². The predicted octanol–water partition coefficient (Wildman–Crippen LogP) is 3.56. The van der Waals surface area contributed by atoms with Gasteiger partial charge in [0.25, 0.3) is 4.96 Å². The van der Waals surface area contributed by atoms with Gasteiger partial charge in [-0.2, -0.15) is 14.4 Å². The van der Waals surface area contributed by atoms with Crippen molar-refractivity contribution in [3.63, 3.8) is 0 Å². The molecular formula is C16H15N7O3S. The number of anilines is 1. The third kappa shape index (κ3) is 3.12. The van der Waals surface area contributed by atoms with Gasteiger partial charge < -0.3 is 20.0 Å². The third-order valence-electron chi connectivity index (χ3n) is 4.00. The summed E-state index contributed by atoms with van der Waals surface area (Å²) in [4.78, 5) is 24.4. The number of nitrogens with one attached hydrogen (secondary N) is 1. The molecule has 0 amide bonds. The average molecular weight is 385 g/mol. The van der Waals surface area contributed by atoms with Crippen molar-refractivity contribution < 1.29 is 9.45 Å². The molecule has 10 nitrogen and oxygen atoms in total. The summed E-state index contributed by atoms with van der Waals surface area (Å²) in [6, 6.07) is 3.17. The van der Waals surface area contributed by atoms with E-state index < -0.39 is 11.0 Å². The molecule has 1 unspecified atom stereocenters. The van der Waals surface area contributed by atoms with Crippen LogP contribution in [0.15, 0.2) is 40.6 Å². The molecule has 0 fully saturated rings. The second-order valence-corrected chi connectivity index (χ2v) is 7.03. The van der Waals surface area contributed by atoms with Gasteiger partial charge in [-0.25, -0.2) is 0 Å². The molecule has 27 heavy (non-hydrogen) atoms. The maximum absolute atomic E-state index is 11.5. The van der Waals surface area contributed by atoms with Crippen LogP contribution >= 0.6 is 11.3 Å². The number of fused-ring (bicyclic) bond motifs is 1. The van der Waals surface area contributed by atoms with Crippen LogP contribution in [0.4, 0.5) is 11.6 Å². The minimum absolute atomic E-state index is 0.0199. The van der Waals surface area contributed by atoms with E-state index in [1.165, 1.54) is 15.7 Å². The normalized spacial score (nSPS) is 12.6. The third-order valence-corrected chi connectivity index (χ3v) is 4.75. The number of hydrogen-bond donors (Lipinski definition) is 1. The average Bonchev–Trinajstić information content (AvgIpc) is 3.35. The zero-order chi connectivity index (χ0) is 19.0. The Kier molecular flexibility index (Phi) is 4.28. The van der Waals surface area contributed by atoms with E-state index in [1.54, 1.807) is 30.0 Å². The molecule has 4 aromatic heterocycles. The van der Waals surface area contributed by atoms with Crippen LogP contribution in [0.3, 0.4) is 0 Å². The number of pyridine rings is 1. The van der Waals surface area contributed by atoms with E-state index in [0.29, 0.717) is 16.7 Å². The molecule has 0 saturated carbocycles. The zero-order valence-electron chi connectivity index (χ0n) is 14.4. The van der Waals surface area contributed by atoms with Crippen LogP contribution in [0.1, 0.15) is 25.8 Å². The van der Waals surface area contributed by atoms with Crippen LogP contribution in [0.5, 0.6) is 0 Å². The molecule has 0 aliphatic heterocycles. The molecule has 0 aromatic carbocycles. The van der Waals surface area contributed by atoms with Gasteiger partial charge in [-0.15, -0.1) is 0 Å². The molecular weight excluding hydrogens is 370 g/mol. The smallest absolute Gasteiger partial charge is 0.358 e. The first kappa shape index (κ1) is 17.1. The Bertz CT molecular complexity index is 1090. The predicted molar refractivity (Wildman–Crippen MR) is 98.5 cm³/mol. The topological polar surface area (TPSA) is 124 Å². The molecule has 0 aliphatic rings. The number of nitro groups is 1. The Hall–Kier alpha value is -3.34. The van der Waals surface area contributed by atoms with Crippen molar-refractivity contribution in [2.24, 2.45) is 5.92 Å². The van der Waals surface area contributed by atoms with E-state index in [0.717, 1.165) is 5.56 Å². The van der Waals surface area contributed by atoms with Gasteiger partial charge in [0.1, 0.15) is 12.2 Å². The van der Waals surface area contributed by atoms with E-state index in [-0.39, 0.29) is 17.6 Å². The number of imidazole rings is 1. The lowest BCUT2D eigenvalue weighted by atomic mass is 10.0. The van der Waals surface area contributed by atoms with E-state index in [1.807, 2.05) is 19.9 Å². The second kappa shape index (κ2) is 6.76. The highest BCUT2D eigenvalue weighted by atomic mass is 32.1. The highest BCUT2D eigenvalue weighted by molar-refractivity contribution is 7.15. The maximum atomic E-state index is 11.5. The van der Waals surface area contributed by atoms with Crippen molar-refractivity contribution in [2.45, 2.75) is 19.9 Å². The molecule has 0 saturated heterocycles. The summed E-state index contributed by atoms with van der Waals surface area (Å²) < 4.78 is 6.86. The lowest BCUT2D eigenvalue weighted by molar-refractivity contribution is -0.389. The van der Waals surface area contributed by atoms with Gasteiger partial charge in [0.15, 0.2) is 0 Å². The fraction of sp³-hybridized carbons (Fsp3) is 0.250. The summed E-state index contributed by atoms with van der Waals surface area (Å²) in [5.41, 5.74) is 0.725. The number of thiazole rings is 1. The Morgan fingerprint density at radius 1 is 1.37 bits per heavy atom. The molecule has 0 aliphatic carbocycles. The largest absolute Gasteiger partial charge is 0.372 e. The van der Waals surface area contributed by atoms with E-state index in [9.17, 15) is 10.1 Å². The van der Waals surface area contributed by atoms with Gasteiger partial charge in [0.05, 0.1) is 0 Å². The van der Waals surface area contributed by atoms with Crippen LogP contribution < -0.4 is 5.32 Å². The van der Waals surface area contributed by atoms with Crippen LogP contribution in [-0.2, 0) is 0 Å². The highest BCUT2D eigenvalue weighted by Crippen LogP contribution is 2.33. The zero-order valence-corrected chi connectivity index (χ0v) is 15.3. The molecule has 4 heterocycles. The monoisotopic (exact) mass is 385 g/mol. The molecule has 1 atom stereocenters. The van der Waals surface area contributed by atoms with Crippen molar-refractivity contribution in [1.29, 1.82) is 0 Å². The van der Waals surface area contributed by atoms with Crippen molar-refractivity contribution >= 4 is 27.9 Å². The van der Waals surface area contributed by atoms with Crippen molar-refractivity contribution in [3.05, 3.63) is 52.1 Å². The Balaban J connectivity index is 1.69. The van der Waals surface area contributed by atoms with Crippen molar-refractivity contribution in [2.75, 3.05) is 5.32 Å². The lowest BCUT2D eigenvalue weighted by Gasteiger charge is -2.17. The molecule has 0 spiro atoms. The van der Waals surface area contributed by atoms with Gasteiger partial charge >= 0.3 is 5.82 Å². The fourth-order valence-corrected chi connectivity index (χ4v) is 3.39. The molecule has 0 radical (unpaired) electrons. The fourth-order valence-electron chi connectivity index (χ4n) is 2.68. The number of rotatable bonds is 6. The first-order valence-corrected chi connectivity index (χ1v) is 9.03. The molecule has 0 bridgehead atoms. The first-order valence-electron chi connectivity index (χ1n) is 8.15. The van der Waals surface area contributed by atoms with Crippen LogP contribution in [0.25, 0.3) is 16.3 Å². The number of hydrogen-bond acceptors (Lipinski definition) is 9. The van der Waals surface area contributed by atoms with Gasteiger partial charge in [0, 0.05) is 23.3 Å². The summed E-state index contributed by atoms with van der Waals surface area (Å²) in [5, 5.41) is 20.4. The lowest BCUT2D eigenvalue weighted by Crippen LogP contribution is -2.18. The number of aromatic nitrogens is 5. The molecule has 4 rings (SSSR count). The van der Waals surface area contributed by atoms with Crippen molar-refractivity contribution in [1.82, 2.24) is 24.5 Å². The van der Waals surface area contributed by atoms with Gasteiger partial charge in [-0.3, -0.25) is 4.98 Å². The summed E-state index contributed by atoms with van der Waals surface area (Å²) in [7, 11) is 0. The summed E-state index contributed by atoms with van der Waals surface area (Å²) in [6.07, 6.45) is 4.92. The second-order valence-electron chi connectivity index (χ2n) is 6.16. The van der Waals surface area contributed by atoms with Crippen molar-refractivity contribution in [3.8, 4) is 11.4 Å². The van der Waals surface area contributed by atoms with Gasteiger partial charge in [0.2, 0.25) is 17.5 Å². The van der Waals surface area contributed by atoms with Crippen LogP contribution in [0.2, 0.25) is 0 Å². The van der Waals surface area contributed by atoms with Gasteiger partial charge in [-0.05, 0) is 23.0 Å². The standard InChI is InChI=1S/C16H15N7O3S/c1-9(2)11(14-19-12(21-26-14)10-4-3-5-17-8-10)18-13-15(23(24)25)22-6-7-27-16(22)20-13/h3-9,11,18H,1-2H3. The van der Waals surface area contributed by atoms with Crippen LogP contribution in [-0.4, -0.2) is 29.4 Å². The Labute approximate surface area is 157 Å². The first-order chi connectivity index (χ1) is 13.0. The highest BCUT2D eigenvalue weighted by Gasteiger charge is 2.30. The van der Waals surface area contributed by atoms with E-state index >= 15 is 0 Å². The minimum atomic E-state index is -0.457. The Morgan fingerprint density at radius 2 is 2.22 bits per heavy atom. The maximum Gasteiger partial charge on any atom is 0.372 e. The summed E-state index contributed by atoms with van der Waals surface area (Å²) in [5.74, 6) is 0.808. The molecule has 4 aromatic rings. The molecule has 11 heteroatoms. The summed E-state index contributed by atoms with van der Waals surface area (Å²) >= 11 is 1.32. The molecule has 1 N–H and O–H groups in total. The SMILES string of the molecule is CC(C)C(Nc1nc2sccn2c1[N+](=O)[O-])c1nc(-c2cccnc2)no1.